The molecule has 0 atom stereocenters. The van der Waals surface area contributed by atoms with Gasteiger partial charge in [0, 0.05) is 5.69 Å². The molecule has 0 aliphatic carbocycles. The second kappa shape index (κ2) is 6.51. The van der Waals surface area contributed by atoms with Crippen molar-refractivity contribution >= 4 is 29.2 Å². The number of aromatic hydroxyl groups is 1. The lowest BCUT2D eigenvalue weighted by atomic mass is 10.2. The second-order valence-corrected chi connectivity index (χ2v) is 4.20. The van der Waals surface area contributed by atoms with Gasteiger partial charge in [-0.05, 0) is 36.5 Å². The van der Waals surface area contributed by atoms with Crippen LogP contribution in [0.5, 0.6) is 5.75 Å². The summed E-state index contributed by atoms with van der Waals surface area (Å²) < 4.78 is 0. The number of para-hydroxylation sites is 2. The van der Waals surface area contributed by atoms with Crippen LogP contribution in [0.25, 0.3) is 0 Å². The van der Waals surface area contributed by atoms with Crippen molar-refractivity contribution in [3.05, 3.63) is 60.2 Å². The fourth-order valence-electron chi connectivity index (χ4n) is 1.47. The lowest BCUT2D eigenvalue weighted by Gasteiger charge is -2.03. The van der Waals surface area contributed by atoms with Gasteiger partial charge in [-0.3, -0.25) is 0 Å². The summed E-state index contributed by atoms with van der Waals surface area (Å²) in [5, 5.41) is 15.8. The highest BCUT2D eigenvalue weighted by molar-refractivity contribution is 7.80. The van der Waals surface area contributed by atoms with Gasteiger partial charge in [0.15, 0.2) is 0 Å². The Morgan fingerprint density at radius 3 is 2.47 bits per heavy atom. The summed E-state index contributed by atoms with van der Waals surface area (Å²) in [5.74, 6) is 0.207. The SMILES string of the molecule is Oc1ccccc1/C=[NH+]/NC(=S)Nc1ccccc1. The zero-order valence-electron chi connectivity index (χ0n) is 10.1. The van der Waals surface area contributed by atoms with Gasteiger partial charge in [-0.2, -0.15) is 0 Å². The fourth-order valence-corrected chi connectivity index (χ4v) is 1.65. The van der Waals surface area contributed by atoms with Gasteiger partial charge >= 0.3 is 0 Å². The molecule has 0 spiro atoms. The second-order valence-electron chi connectivity index (χ2n) is 3.79. The first-order chi connectivity index (χ1) is 9.25. The molecule has 5 heteroatoms. The Labute approximate surface area is 116 Å². The van der Waals surface area contributed by atoms with Crippen molar-refractivity contribution in [3.8, 4) is 5.75 Å². The van der Waals surface area contributed by atoms with Crippen molar-refractivity contribution in [2.75, 3.05) is 5.32 Å². The van der Waals surface area contributed by atoms with E-state index in [0.29, 0.717) is 10.7 Å². The Hall–Kier alpha value is -2.40. The quantitative estimate of drug-likeness (QED) is 0.379. The normalized spacial score (nSPS) is 10.3. The van der Waals surface area contributed by atoms with Crippen LogP contribution in [0.2, 0.25) is 0 Å². The van der Waals surface area contributed by atoms with Crippen LogP contribution in [-0.4, -0.2) is 16.4 Å². The van der Waals surface area contributed by atoms with Crippen molar-refractivity contribution in [2.45, 2.75) is 0 Å². The minimum absolute atomic E-state index is 0.207. The summed E-state index contributed by atoms with van der Waals surface area (Å²) in [7, 11) is 0. The average molecular weight is 272 g/mol. The summed E-state index contributed by atoms with van der Waals surface area (Å²) in [6.07, 6.45) is 1.63. The molecule has 0 aromatic heterocycles. The monoisotopic (exact) mass is 272 g/mol. The van der Waals surface area contributed by atoms with Gasteiger partial charge in [0.25, 0.3) is 0 Å². The van der Waals surface area contributed by atoms with Gasteiger partial charge in [0.05, 0.1) is 5.56 Å². The standard InChI is InChI=1S/C14H13N3OS/c18-13-9-5-4-6-11(13)10-15-17-14(19)16-12-7-2-1-3-8-12/h1-10,18H,(H2,16,17,19)/p+1/b15-10+. The number of rotatable bonds is 3. The van der Waals surface area contributed by atoms with Crippen LogP contribution in [0.1, 0.15) is 5.56 Å². The number of nitrogens with one attached hydrogen (secondary N) is 3. The molecular formula is C14H14N3OS+. The van der Waals surface area contributed by atoms with Crippen LogP contribution < -0.4 is 15.8 Å². The van der Waals surface area contributed by atoms with E-state index in [1.165, 1.54) is 0 Å². The lowest BCUT2D eigenvalue weighted by molar-refractivity contribution is -0.499. The molecule has 0 heterocycles. The molecule has 0 unspecified atom stereocenters. The van der Waals surface area contributed by atoms with Crippen molar-refractivity contribution in [3.63, 3.8) is 0 Å². The van der Waals surface area contributed by atoms with Gasteiger partial charge in [-0.1, -0.05) is 30.3 Å². The summed E-state index contributed by atoms with van der Waals surface area (Å²) in [5.41, 5.74) is 4.40. The van der Waals surface area contributed by atoms with Gasteiger partial charge in [-0.25, -0.2) is 0 Å². The van der Waals surface area contributed by atoms with E-state index in [-0.39, 0.29) is 5.75 Å². The molecule has 0 saturated carbocycles. The van der Waals surface area contributed by atoms with Crippen LogP contribution in [0, 0.1) is 0 Å². The Kier molecular flexibility index (Phi) is 4.47. The molecule has 2 aromatic carbocycles. The first-order valence-corrected chi connectivity index (χ1v) is 6.15. The zero-order valence-corrected chi connectivity index (χ0v) is 10.9. The molecule has 4 nitrogen and oxygen atoms in total. The summed E-state index contributed by atoms with van der Waals surface area (Å²) >= 11 is 5.12. The third-order valence-corrected chi connectivity index (χ3v) is 2.59. The predicted molar refractivity (Wildman–Crippen MR) is 80.0 cm³/mol. The number of phenolic OH excluding ortho intramolecular Hbond substituents is 1. The average Bonchev–Trinajstić information content (AvgIpc) is 2.42. The zero-order chi connectivity index (χ0) is 13.5. The van der Waals surface area contributed by atoms with E-state index in [2.05, 4.69) is 15.8 Å². The molecule has 0 radical (unpaired) electrons. The van der Waals surface area contributed by atoms with Gasteiger partial charge in [0.2, 0.25) is 11.3 Å². The minimum atomic E-state index is 0.207. The number of hydrogen-bond donors (Lipinski definition) is 4. The first kappa shape index (κ1) is 13.0. The van der Waals surface area contributed by atoms with Crippen molar-refractivity contribution in [2.24, 2.45) is 0 Å². The molecule has 0 saturated heterocycles. The van der Waals surface area contributed by atoms with E-state index in [1.807, 2.05) is 36.4 Å². The highest BCUT2D eigenvalue weighted by Gasteiger charge is 2.00. The molecule has 0 fully saturated rings. The Morgan fingerprint density at radius 2 is 1.74 bits per heavy atom. The van der Waals surface area contributed by atoms with Crippen LogP contribution in [-0.2, 0) is 0 Å². The fraction of sp³-hybridized carbons (Fsp3) is 0. The van der Waals surface area contributed by atoms with E-state index < -0.39 is 0 Å². The van der Waals surface area contributed by atoms with Crippen LogP contribution >= 0.6 is 12.2 Å². The van der Waals surface area contributed by atoms with E-state index in [4.69, 9.17) is 12.2 Å². The molecule has 96 valence electrons. The molecule has 2 rings (SSSR count). The van der Waals surface area contributed by atoms with Crippen LogP contribution in [0.15, 0.2) is 54.6 Å². The van der Waals surface area contributed by atoms with Crippen molar-refractivity contribution in [1.82, 2.24) is 5.43 Å². The maximum absolute atomic E-state index is 9.56. The molecular weight excluding hydrogens is 258 g/mol. The Balaban J connectivity index is 1.89. The largest absolute Gasteiger partial charge is 0.507 e. The Morgan fingerprint density at radius 1 is 1.05 bits per heavy atom. The topological polar surface area (TPSA) is 58.3 Å². The van der Waals surface area contributed by atoms with E-state index in [0.717, 1.165) is 5.69 Å². The number of anilines is 1. The maximum atomic E-state index is 9.56. The number of benzene rings is 2. The van der Waals surface area contributed by atoms with E-state index >= 15 is 0 Å². The van der Waals surface area contributed by atoms with Crippen molar-refractivity contribution in [1.29, 1.82) is 0 Å². The number of hydrazone groups is 1. The molecule has 0 aliphatic rings. The maximum Gasteiger partial charge on any atom is 0.228 e. The number of thiocarbonyl (C=S) groups is 1. The highest BCUT2D eigenvalue weighted by Crippen LogP contribution is 2.11. The van der Waals surface area contributed by atoms with E-state index in [9.17, 15) is 5.11 Å². The summed E-state index contributed by atoms with van der Waals surface area (Å²) in [4.78, 5) is 0. The first-order valence-electron chi connectivity index (χ1n) is 5.74. The van der Waals surface area contributed by atoms with Crippen LogP contribution in [0.3, 0.4) is 0 Å². The van der Waals surface area contributed by atoms with Crippen molar-refractivity contribution < 1.29 is 10.2 Å². The minimum Gasteiger partial charge on any atom is -0.507 e. The molecule has 4 N–H and O–H groups in total. The third-order valence-electron chi connectivity index (χ3n) is 2.38. The molecule has 0 aliphatic heterocycles. The number of hydrazine groups is 1. The highest BCUT2D eigenvalue weighted by atomic mass is 32.1. The van der Waals surface area contributed by atoms with Gasteiger partial charge in [0.1, 0.15) is 5.75 Å². The van der Waals surface area contributed by atoms with Gasteiger partial charge < -0.3 is 10.4 Å². The van der Waals surface area contributed by atoms with E-state index in [1.54, 1.807) is 24.4 Å². The molecule has 2 aromatic rings. The summed E-state index contributed by atoms with van der Waals surface area (Å²) in [6, 6.07) is 16.6. The molecule has 0 amide bonds. The number of phenols is 1. The van der Waals surface area contributed by atoms with Gasteiger partial charge in [-0.15, -0.1) is 10.5 Å². The van der Waals surface area contributed by atoms with Crippen LogP contribution in [0.4, 0.5) is 5.69 Å². The smallest absolute Gasteiger partial charge is 0.228 e. The molecule has 0 bridgehead atoms. The predicted octanol–water partition coefficient (Wildman–Crippen LogP) is 0.793. The Bertz CT molecular complexity index is 584. The third kappa shape index (κ3) is 4.08. The molecule has 19 heavy (non-hydrogen) atoms. The summed E-state index contributed by atoms with van der Waals surface area (Å²) in [6.45, 7) is 0. The number of hydrogen-bond acceptors (Lipinski definition) is 2. The lowest BCUT2D eigenvalue weighted by Crippen LogP contribution is -2.82.